The van der Waals surface area contributed by atoms with Gasteiger partial charge in [-0.2, -0.15) is 0 Å². The van der Waals surface area contributed by atoms with Crippen molar-refractivity contribution < 1.29 is 4.79 Å². The molecular weight excluding hydrogens is 308 g/mol. The van der Waals surface area contributed by atoms with Crippen molar-refractivity contribution >= 4 is 17.2 Å². The van der Waals surface area contributed by atoms with Gasteiger partial charge in [0.1, 0.15) is 11.6 Å². The Morgan fingerprint density at radius 3 is 2.83 bits per heavy atom. The number of hydrogen-bond donors (Lipinski definition) is 0. The molecular formula is C17H22N4OS. The number of fused-ring (bicyclic) bond motifs is 1. The third kappa shape index (κ3) is 2.92. The maximum Gasteiger partial charge on any atom is 0.227 e. The molecule has 0 radical (unpaired) electrons. The number of rotatable bonds is 3. The van der Waals surface area contributed by atoms with Crippen LogP contribution in [0.25, 0.3) is 0 Å². The van der Waals surface area contributed by atoms with Crippen LogP contribution in [0, 0.1) is 6.92 Å². The summed E-state index contributed by atoms with van der Waals surface area (Å²) in [4.78, 5) is 16.9. The molecule has 4 rings (SSSR count). The van der Waals surface area contributed by atoms with E-state index in [1.54, 1.807) is 11.3 Å². The van der Waals surface area contributed by atoms with Crippen molar-refractivity contribution in [2.24, 2.45) is 0 Å². The fourth-order valence-electron chi connectivity index (χ4n) is 3.70. The molecule has 0 spiro atoms. The first-order valence-corrected chi connectivity index (χ1v) is 9.27. The fourth-order valence-corrected chi connectivity index (χ4v) is 4.58. The zero-order chi connectivity index (χ0) is 15.8. The number of thiophene rings is 1. The van der Waals surface area contributed by atoms with Crippen molar-refractivity contribution in [2.45, 2.75) is 51.5 Å². The molecule has 1 fully saturated rings. The van der Waals surface area contributed by atoms with Crippen molar-refractivity contribution in [3.63, 3.8) is 0 Å². The average Bonchev–Trinajstić information content (AvgIpc) is 3.24. The highest BCUT2D eigenvalue weighted by Crippen LogP contribution is 2.29. The summed E-state index contributed by atoms with van der Waals surface area (Å²) in [6.07, 6.45) is 4.81. The van der Waals surface area contributed by atoms with Gasteiger partial charge in [-0.3, -0.25) is 4.79 Å². The highest BCUT2D eigenvalue weighted by atomic mass is 32.1. The van der Waals surface area contributed by atoms with Crippen LogP contribution in [0.2, 0.25) is 0 Å². The summed E-state index contributed by atoms with van der Waals surface area (Å²) in [7, 11) is 0. The van der Waals surface area contributed by atoms with Crippen molar-refractivity contribution in [1.29, 1.82) is 0 Å². The normalized spacial score (nSPS) is 18.4. The van der Waals surface area contributed by atoms with Gasteiger partial charge >= 0.3 is 0 Å². The van der Waals surface area contributed by atoms with E-state index in [-0.39, 0.29) is 5.91 Å². The third-order valence-corrected chi connectivity index (χ3v) is 5.97. The molecule has 2 aliphatic rings. The van der Waals surface area contributed by atoms with E-state index >= 15 is 0 Å². The van der Waals surface area contributed by atoms with Crippen LogP contribution in [0.3, 0.4) is 0 Å². The summed E-state index contributed by atoms with van der Waals surface area (Å²) >= 11 is 1.72. The largest absolute Gasteiger partial charge is 0.342 e. The highest BCUT2D eigenvalue weighted by Gasteiger charge is 2.29. The summed E-state index contributed by atoms with van der Waals surface area (Å²) in [5.41, 5.74) is 0. The Kier molecular flexibility index (Phi) is 3.93. The zero-order valence-corrected chi connectivity index (χ0v) is 14.3. The van der Waals surface area contributed by atoms with E-state index in [9.17, 15) is 4.79 Å². The molecule has 0 bridgehead atoms. The van der Waals surface area contributed by atoms with Crippen molar-refractivity contribution in [3.8, 4) is 0 Å². The van der Waals surface area contributed by atoms with E-state index in [1.165, 1.54) is 16.2 Å². The lowest BCUT2D eigenvalue weighted by atomic mass is 9.95. The summed E-state index contributed by atoms with van der Waals surface area (Å²) in [5, 5.41) is 8.73. The number of piperidine rings is 1. The van der Waals surface area contributed by atoms with E-state index in [0.717, 1.165) is 50.5 Å². The van der Waals surface area contributed by atoms with Gasteiger partial charge in [-0.15, -0.1) is 21.5 Å². The molecule has 0 saturated carbocycles. The van der Waals surface area contributed by atoms with E-state index in [0.29, 0.717) is 12.3 Å². The van der Waals surface area contributed by atoms with Crippen molar-refractivity contribution in [3.05, 3.63) is 33.5 Å². The topological polar surface area (TPSA) is 51.0 Å². The molecule has 1 saturated heterocycles. The van der Waals surface area contributed by atoms with E-state index in [4.69, 9.17) is 0 Å². The smallest absolute Gasteiger partial charge is 0.227 e. The van der Waals surface area contributed by atoms with E-state index in [1.807, 2.05) is 4.90 Å². The lowest BCUT2D eigenvalue weighted by Gasteiger charge is -2.31. The summed E-state index contributed by atoms with van der Waals surface area (Å²) in [6.45, 7) is 4.84. The molecule has 0 N–H and O–H groups in total. The van der Waals surface area contributed by atoms with Gasteiger partial charge in [0.15, 0.2) is 0 Å². The molecule has 6 heteroatoms. The molecule has 4 heterocycles. The Morgan fingerprint density at radius 2 is 2.09 bits per heavy atom. The van der Waals surface area contributed by atoms with Crippen LogP contribution in [-0.4, -0.2) is 38.7 Å². The second-order valence-electron chi connectivity index (χ2n) is 6.57. The molecule has 0 unspecified atom stereocenters. The predicted octanol–water partition coefficient (Wildman–Crippen LogP) is 2.54. The number of carbonyl (C=O) groups excluding carboxylic acids is 1. The summed E-state index contributed by atoms with van der Waals surface area (Å²) in [5.74, 6) is 3.02. The first-order valence-electron chi connectivity index (χ1n) is 8.46. The number of aryl methyl sites for hydroxylation is 2. The van der Waals surface area contributed by atoms with Crippen molar-refractivity contribution in [1.82, 2.24) is 19.7 Å². The van der Waals surface area contributed by atoms with E-state index in [2.05, 4.69) is 33.8 Å². The van der Waals surface area contributed by atoms with Crippen LogP contribution in [0.15, 0.2) is 12.1 Å². The molecule has 122 valence electrons. The van der Waals surface area contributed by atoms with Gasteiger partial charge in [-0.25, -0.2) is 0 Å². The minimum absolute atomic E-state index is 0.261. The number of carbonyl (C=O) groups is 1. The summed E-state index contributed by atoms with van der Waals surface area (Å²) in [6, 6.07) is 4.16. The first-order chi connectivity index (χ1) is 11.2. The minimum Gasteiger partial charge on any atom is -0.342 e. The molecule has 2 aromatic heterocycles. The maximum absolute atomic E-state index is 12.5. The Bertz CT molecular complexity index is 712. The number of likely N-dealkylation sites (tertiary alicyclic amines) is 1. The molecule has 0 atom stereocenters. The van der Waals surface area contributed by atoms with Gasteiger partial charge in [0.25, 0.3) is 0 Å². The van der Waals surface area contributed by atoms with Crippen LogP contribution < -0.4 is 0 Å². The average molecular weight is 330 g/mol. The van der Waals surface area contributed by atoms with Crippen LogP contribution in [0.4, 0.5) is 0 Å². The second kappa shape index (κ2) is 6.07. The van der Waals surface area contributed by atoms with Gasteiger partial charge in [0.05, 0.1) is 6.42 Å². The Hall–Kier alpha value is -1.69. The fraction of sp³-hybridized carbons (Fsp3) is 0.588. The standard InChI is InChI=1S/C17H22N4OS/c1-12-4-5-14(23-12)11-16(22)20-9-6-13(7-10-20)17-19-18-15-3-2-8-21(15)17/h4-5,13H,2-3,6-11H2,1H3. The predicted molar refractivity (Wildman–Crippen MR) is 89.7 cm³/mol. The molecule has 5 nitrogen and oxygen atoms in total. The first kappa shape index (κ1) is 14.9. The van der Waals surface area contributed by atoms with Gasteiger partial charge < -0.3 is 9.47 Å². The number of amides is 1. The highest BCUT2D eigenvalue weighted by molar-refractivity contribution is 7.12. The van der Waals surface area contributed by atoms with Gasteiger partial charge in [-0.1, -0.05) is 0 Å². The van der Waals surface area contributed by atoms with Gasteiger partial charge in [-0.05, 0) is 38.3 Å². The Balaban J connectivity index is 1.36. The molecule has 0 aromatic carbocycles. The van der Waals surface area contributed by atoms with Crippen molar-refractivity contribution in [2.75, 3.05) is 13.1 Å². The number of nitrogens with zero attached hydrogens (tertiary/aromatic N) is 4. The minimum atomic E-state index is 0.261. The van der Waals surface area contributed by atoms with Crippen LogP contribution in [0.1, 0.15) is 46.6 Å². The summed E-state index contributed by atoms with van der Waals surface area (Å²) < 4.78 is 2.30. The Labute approximate surface area is 140 Å². The van der Waals surface area contributed by atoms with Gasteiger partial charge in [0.2, 0.25) is 5.91 Å². The lowest BCUT2D eigenvalue weighted by Crippen LogP contribution is -2.39. The molecule has 1 amide bonds. The zero-order valence-electron chi connectivity index (χ0n) is 13.5. The molecule has 23 heavy (non-hydrogen) atoms. The maximum atomic E-state index is 12.5. The van der Waals surface area contributed by atoms with Crippen LogP contribution in [-0.2, 0) is 24.2 Å². The molecule has 2 aromatic rings. The third-order valence-electron chi connectivity index (χ3n) is 4.97. The van der Waals surface area contributed by atoms with Gasteiger partial charge in [0, 0.05) is 41.7 Å². The van der Waals surface area contributed by atoms with Crippen LogP contribution >= 0.6 is 11.3 Å². The number of hydrogen-bond acceptors (Lipinski definition) is 4. The van der Waals surface area contributed by atoms with E-state index < -0.39 is 0 Å². The number of aromatic nitrogens is 3. The quantitative estimate of drug-likeness (QED) is 0.869. The molecule has 2 aliphatic heterocycles. The second-order valence-corrected chi connectivity index (χ2v) is 7.95. The SMILES string of the molecule is Cc1ccc(CC(=O)N2CCC(c3nnc4n3CCC4)CC2)s1. The van der Waals surface area contributed by atoms with Crippen LogP contribution in [0.5, 0.6) is 0 Å². The Morgan fingerprint density at radius 1 is 1.26 bits per heavy atom. The lowest BCUT2D eigenvalue weighted by molar-refractivity contribution is -0.131. The molecule has 0 aliphatic carbocycles. The monoisotopic (exact) mass is 330 g/mol.